The van der Waals surface area contributed by atoms with Crippen LogP contribution in [-0.4, -0.2) is 24.5 Å². The van der Waals surface area contributed by atoms with Crippen molar-refractivity contribution in [1.29, 1.82) is 0 Å². The normalized spacial score (nSPS) is 11.2. The maximum atomic E-state index is 11.6. The molecule has 0 aliphatic rings. The molecule has 0 bridgehead atoms. The van der Waals surface area contributed by atoms with Gasteiger partial charge in [0, 0.05) is 24.9 Å². The predicted octanol–water partition coefficient (Wildman–Crippen LogP) is 1.97. The number of rotatable bonds is 5. The molecule has 2 aromatic rings. The van der Waals surface area contributed by atoms with Crippen molar-refractivity contribution in [2.24, 2.45) is 7.05 Å². The van der Waals surface area contributed by atoms with Gasteiger partial charge in [0.1, 0.15) is 5.15 Å². The van der Waals surface area contributed by atoms with E-state index in [4.69, 9.17) is 11.6 Å². The lowest BCUT2D eigenvalue weighted by atomic mass is 10.3. The van der Waals surface area contributed by atoms with Crippen LogP contribution < -0.4 is 5.69 Å². The smallest absolute Gasteiger partial charge is 0.270 e. The molecule has 0 unspecified atom stereocenters. The fraction of sp³-hybridized carbons (Fsp3) is 0.545. The third-order valence-corrected chi connectivity index (χ3v) is 4.26. The highest BCUT2D eigenvalue weighted by atomic mass is 35.5. The zero-order valence-electron chi connectivity index (χ0n) is 11.1. The van der Waals surface area contributed by atoms with Crippen molar-refractivity contribution in [2.75, 3.05) is 0 Å². The molecule has 0 amide bonds. The molecule has 0 saturated carbocycles. The lowest BCUT2D eigenvalue weighted by Gasteiger charge is -2.03. The number of aromatic nitrogens is 5. The van der Waals surface area contributed by atoms with Crippen LogP contribution >= 0.6 is 23.4 Å². The minimum Gasteiger partial charge on any atom is -0.270 e. The largest absolute Gasteiger partial charge is 0.343 e. The van der Waals surface area contributed by atoms with Crippen molar-refractivity contribution in [1.82, 2.24) is 24.5 Å². The Hall–Kier alpha value is -1.21. The number of halogens is 1. The molecule has 0 saturated heterocycles. The van der Waals surface area contributed by atoms with Gasteiger partial charge in [-0.15, -0.1) is 5.10 Å². The molecule has 8 heteroatoms. The average Bonchev–Trinajstić information content (AvgIpc) is 2.82. The fourth-order valence-corrected chi connectivity index (χ4v) is 3.19. The molecule has 2 aromatic heterocycles. The van der Waals surface area contributed by atoms with Crippen molar-refractivity contribution < 1.29 is 0 Å². The van der Waals surface area contributed by atoms with Gasteiger partial charge in [-0.3, -0.25) is 9.25 Å². The van der Waals surface area contributed by atoms with Crippen LogP contribution in [0.15, 0.2) is 9.95 Å². The molecule has 0 aliphatic heterocycles. The van der Waals surface area contributed by atoms with E-state index in [2.05, 4.69) is 15.3 Å². The summed E-state index contributed by atoms with van der Waals surface area (Å²) in [5.41, 5.74) is 1.71. The highest BCUT2D eigenvalue weighted by Crippen LogP contribution is 2.26. The van der Waals surface area contributed by atoms with Crippen molar-refractivity contribution in [3.8, 4) is 0 Å². The fourth-order valence-electron chi connectivity index (χ4n) is 1.81. The summed E-state index contributed by atoms with van der Waals surface area (Å²) in [6.45, 7) is 4.61. The summed E-state index contributed by atoms with van der Waals surface area (Å²) in [5.74, 6) is 0.645. The lowest BCUT2D eigenvalue weighted by molar-refractivity contribution is 0.604. The molecular weight excluding hydrogens is 286 g/mol. The van der Waals surface area contributed by atoms with Gasteiger partial charge in [0.25, 0.3) is 0 Å². The van der Waals surface area contributed by atoms with Gasteiger partial charge in [-0.05, 0) is 13.3 Å². The summed E-state index contributed by atoms with van der Waals surface area (Å²) in [6.07, 6.45) is 0.889. The molecule has 0 atom stereocenters. The monoisotopic (exact) mass is 301 g/mol. The molecule has 0 fully saturated rings. The summed E-state index contributed by atoms with van der Waals surface area (Å²) in [5, 5.41) is 12.1. The van der Waals surface area contributed by atoms with Crippen LogP contribution in [0.5, 0.6) is 0 Å². The summed E-state index contributed by atoms with van der Waals surface area (Å²) >= 11 is 7.66. The quantitative estimate of drug-likeness (QED) is 0.857. The number of hydrogen-bond donors (Lipinski definition) is 1. The van der Waals surface area contributed by atoms with Crippen LogP contribution in [0.3, 0.4) is 0 Å². The van der Waals surface area contributed by atoms with Crippen LogP contribution in [0.4, 0.5) is 0 Å². The van der Waals surface area contributed by atoms with Gasteiger partial charge in [-0.1, -0.05) is 30.3 Å². The minimum atomic E-state index is -0.168. The molecule has 104 valence electrons. The average molecular weight is 302 g/mol. The third kappa shape index (κ3) is 2.87. The number of hydrogen-bond acceptors (Lipinski definition) is 4. The standard InChI is InChI=1S/C11H16ClN5OS/c1-4-5-17-10(18)13-14-11(17)19-6-8-7(2)15-16(3)9(8)12/h4-6H2,1-3H3,(H,13,18). The number of nitrogens with zero attached hydrogens (tertiary/aromatic N) is 4. The first kappa shape index (κ1) is 14.2. The molecule has 6 nitrogen and oxygen atoms in total. The van der Waals surface area contributed by atoms with E-state index in [1.807, 2.05) is 20.9 Å². The van der Waals surface area contributed by atoms with E-state index >= 15 is 0 Å². The van der Waals surface area contributed by atoms with E-state index in [1.54, 1.807) is 9.25 Å². The van der Waals surface area contributed by atoms with Gasteiger partial charge in [0.15, 0.2) is 5.16 Å². The van der Waals surface area contributed by atoms with Gasteiger partial charge < -0.3 is 0 Å². The Kier molecular flexibility index (Phi) is 4.36. The molecule has 0 aromatic carbocycles. The van der Waals surface area contributed by atoms with Crippen molar-refractivity contribution in [3.63, 3.8) is 0 Å². The Labute approximate surface area is 120 Å². The molecule has 2 rings (SSSR count). The highest BCUT2D eigenvalue weighted by molar-refractivity contribution is 7.98. The first-order valence-corrected chi connectivity index (χ1v) is 7.37. The van der Waals surface area contributed by atoms with Gasteiger partial charge in [-0.2, -0.15) is 5.10 Å². The second kappa shape index (κ2) is 5.83. The van der Waals surface area contributed by atoms with Gasteiger partial charge in [-0.25, -0.2) is 9.89 Å². The SMILES string of the molecule is CCCn1c(SCc2c(C)nn(C)c2Cl)n[nH]c1=O. The first-order valence-electron chi connectivity index (χ1n) is 6.00. The topological polar surface area (TPSA) is 68.5 Å². The van der Waals surface area contributed by atoms with Gasteiger partial charge in [0.2, 0.25) is 0 Å². The maximum absolute atomic E-state index is 11.6. The van der Waals surface area contributed by atoms with Crippen LogP contribution in [0.25, 0.3) is 0 Å². The zero-order chi connectivity index (χ0) is 14.0. The third-order valence-electron chi connectivity index (χ3n) is 2.79. The Bertz CT molecular complexity index is 630. The zero-order valence-corrected chi connectivity index (χ0v) is 12.7. The summed E-state index contributed by atoms with van der Waals surface area (Å²) in [4.78, 5) is 11.6. The number of aromatic amines is 1. The number of aryl methyl sites for hydroxylation is 2. The van der Waals surface area contributed by atoms with Gasteiger partial charge in [0.05, 0.1) is 5.69 Å². The summed E-state index contributed by atoms with van der Waals surface area (Å²) in [6, 6.07) is 0. The Morgan fingerprint density at radius 2 is 2.21 bits per heavy atom. The van der Waals surface area contributed by atoms with Crippen molar-refractivity contribution in [3.05, 3.63) is 26.9 Å². The molecule has 2 heterocycles. The first-order chi connectivity index (χ1) is 9.04. The molecule has 1 N–H and O–H groups in total. The van der Waals surface area contributed by atoms with E-state index in [1.165, 1.54) is 11.8 Å². The molecule has 0 spiro atoms. The number of thioether (sulfide) groups is 1. The van der Waals surface area contributed by atoms with E-state index in [-0.39, 0.29) is 5.69 Å². The van der Waals surface area contributed by atoms with Gasteiger partial charge >= 0.3 is 5.69 Å². The Morgan fingerprint density at radius 1 is 1.47 bits per heavy atom. The minimum absolute atomic E-state index is 0.168. The highest BCUT2D eigenvalue weighted by Gasteiger charge is 2.14. The number of nitrogens with one attached hydrogen (secondary N) is 1. The van der Waals surface area contributed by atoms with Crippen LogP contribution in [-0.2, 0) is 19.3 Å². The molecular formula is C11H16ClN5OS. The second-order valence-electron chi connectivity index (χ2n) is 4.23. The van der Waals surface area contributed by atoms with Crippen molar-refractivity contribution >= 4 is 23.4 Å². The van der Waals surface area contributed by atoms with Crippen LogP contribution in [0.2, 0.25) is 5.15 Å². The number of H-pyrrole nitrogens is 1. The molecule has 19 heavy (non-hydrogen) atoms. The lowest BCUT2D eigenvalue weighted by Crippen LogP contribution is -2.17. The van der Waals surface area contributed by atoms with E-state index < -0.39 is 0 Å². The van der Waals surface area contributed by atoms with Crippen LogP contribution in [0.1, 0.15) is 24.6 Å². The maximum Gasteiger partial charge on any atom is 0.343 e. The Balaban J connectivity index is 2.17. The summed E-state index contributed by atoms with van der Waals surface area (Å²) in [7, 11) is 1.81. The van der Waals surface area contributed by atoms with Crippen molar-refractivity contribution in [2.45, 2.75) is 37.7 Å². The van der Waals surface area contributed by atoms with E-state index in [0.717, 1.165) is 17.7 Å². The molecule has 0 aliphatic carbocycles. The van der Waals surface area contributed by atoms with Crippen LogP contribution in [0, 0.1) is 6.92 Å². The van der Waals surface area contributed by atoms with E-state index in [0.29, 0.717) is 22.6 Å². The predicted molar refractivity (Wildman–Crippen MR) is 75.7 cm³/mol. The summed E-state index contributed by atoms with van der Waals surface area (Å²) < 4.78 is 3.29. The Morgan fingerprint density at radius 3 is 2.79 bits per heavy atom. The molecule has 0 radical (unpaired) electrons. The second-order valence-corrected chi connectivity index (χ2v) is 5.53. The van der Waals surface area contributed by atoms with E-state index in [9.17, 15) is 4.79 Å².